The van der Waals surface area contributed by atoms with Crippen molar-refractivity contribution in [2.24, 2.45) is 0 Å². The topological polar surface area (TPSA) is 84.2 Å². The number of nitro groups is 1. The van der Waals surface area contributed by atoms with Crippen molar-refractivity contribution in [2.75, 3.05) is 25.0 Å². The fourth-order valence-corrected chi connectivity index (χ4v) is 3.54. The second kappa shape index (κ2) is 7.01. The Morgan fingerprint density at radius 2 is 2.35 bits per heavy atom. The smallest absolute Gasteiger partial charge is 0.287 e. The first-order valence-corrected chi connectivity index (χ1v) is 8.48. The van der Waals surface area contributed by atoms with Gasteiger partial charge in [0.15, 0.2) is 0 Å². The number of likely N-dealkylation sites (tertiary alicyclic amines) is 1. The molecule has 8 heteroatoms. The lowest BCUT2D eigenvalue weighted by atomic mass is 10.2. The number of aromatic nitrogens is 2. The van der Waals surface area contributed by atoms with Crippen LogP contribution in [-0.4, -0.2) is 45.5 Å². The van der Waals surface area contributed by atoms with Gasteiger partial charge in [0.2, 0.25) is 0 Å². The van der Waals surface area contributed by atoms with E-state index in [1.54, 1.807) is 17.4 Å². The third kappa shape index (κ3) is 4.02. The fourth-order valence-electron chi connectivity index (χ4n) is 2.77. The number of aryl methyl sites for hydroxylation is 1. The van der Waals surface area contributed by atoms with E-state index in [4.69, 9.17) is 0 Å². The largest absolute Gasteiger partial charge is 0.366 e. The lowest BCUT2D eigenvalue weighted by Crippen LogP contribution is -2.28. The van der Waals surface area contributed by atoms with E-state index >= 15 is 0 Å². The Hall–Kier alpha value is -2.06. The Kier molecular flexibility index (Phi) is 4.82. The molecule has 1 saturated heterocycles. The van der Waals surface area contributed by atoms with Crippen molar-refractivity contribution < 1.29 is 4.92 Å². The van der Waals surface area contributed by atoms with Gasteiger partial charge < -0.3 is 10.2 Å². The summed E-state index contributed by atoms with van der Waals surface area (Å²) in [6.07, 6.45) is 3.39. The number of rotatable bonds is 6. The minimum atomic E-state index is -0.435. The summed E-state index contributed by atoms with van der Waals surface area (Å²) in [4.78, 5) is 22.4. The average molecular weight is 333 g/mol. The summed E-state index contributed by atoms with van der Waals surface area (Å²) in [5, 5.41) is 14.0. The highest BCUT2D eigenvalue weighted by Crippen LogP contribution is 2.18. The van der Waals surface area contributed by atoms with Crippen molar-refractivity contribution in [1.82, 2.24) is 14.9 Å². The van der Waals surface area contributed by atoms with Gasteiger partial charge in [-0.2, -0.15) is 0 Å². The molecule has 0 unspecified atom stereocenters. The monoisotopic (exact) mass is 333 g/mol. The van der Waals surface area contributed by atoms with E-state index < -0.39 is 4.92 Å². The summed E-state index contributed by atoms with van der Waals surface area (Å²) in [5.41, 5.74) is 3.06. The zero-order chi connectivity index (χ0) is 16.2. The molecule has 23 heavy (non-hydrogen) atoms. The maximum absolute atomic E-state index is 10.6. The van der Waals surface area contributed by atoms with E-state index in [2.05, 4.69) is 27.1 Å². The van der Waals surface area contributed by atoms with Crippen molar-refractivity contribution in [3.63, 3.8) is 0 Å². The Morgan fingerprint density at radius 3 is 3.00 bits per heavy atom. The van der Waals surface area contributed by atoms with E-state index in [0.29, 0.717) is 11.9 Å². The molecule has 2 aromatic heterocycles. The third-order valence-corrected chi connectivity index (χ3v) is 5.08. The highest BCUT2D eigenvalue weighted by atomic mass is 32.1. The van der Waals surface area contributed by atoms with Gasteiger partial charge in [-0.1, -0.05) is 0 Å². The molecule has 0 saturated carbocycles. The Morgan fingerprint density at radius 1 is 1.48 bits per heavy atom. The normalized spacial score (nSPS) is 18.2. The molecular formula is C15H19N5O2S. The van der Waals surface area contributed by atoms with Gasteiger partial charge in [-0.25, -0.2) is 9.97 Å². The number of anilines is 1. The van der Waals surface area contributed by atoms with Gasteiger partial charge in [0.05, 0.1) is 16.1 Å². The standard InChI is InChI=1S/C15H19N5O2S/c1-11-14(23-10-17-11)5-7-19-6-4-12(9-19)18-15-3-2-13(8-16-15)20(21)22/h2-3,8,10,12H,4-7,9H2,1H3,(H,16,18)/t12-/m1/s1. The molecule has 0 aromatic carbocycles. The van der Waals surface area contributed by atoms with Gasteiger partial charge in [0.1, 0.15) is 12.0 Å². The minimum absolute atomic E-state index is 0.0172. The van der Waals surface area contributed by atoms with Crippen LogP contribution in [0.3, 0.4) is 0 Å². The van der Waals surface area contributed by atoms with E-state index in [9.17, 15) is 10.1 Å². The van der Waals surface area contributed by atoms with Crippen molar-refractivity contribution in [3.8, 4) is 0 Å². The third-order valence-electron chi connectivity index (χ3n) is 4.08. The van der Waals surface area contributed by atoms with Crippen LogP contribution in [-0.2, 0) is 6.42 Å². The number of hydrogen-bond donors (Lipinski definition) is 1. The number of thiazole rings is 1. The van der Waals surface area contributed by atoms with Gasteiger partial charge in [-0.3, -0.25) is 10.1 Å². The van der Waals surface area contributed by atoms with Crippen molar-refractivity contribution in [2.45, 2.75) is 25.8 Å². The van der Waals surface area contributed by atoms with E-state index in [1.807, 2.05) is 5.51 Å². The molecule has 2 aromatic rings. The molecule has 0 spiro atoms. The second-order valence-corrected chi connectivity index (χ2v) is 6.64. The Bertz CT molecular complexity index is 673. The molecule has 0 aliphatic carbocycles. The molecule has 3 rings (SSSR count). The van der Waals surface area contributed by atoms with Gasteiger partial charge >= 0.3 is 0 Å². The number of nitrogens with one attached hydrogen (secondary N) is 1. The van der Waals surface area contributed by atoms with Crippen LogP contribution in [0, 0.1) is 17.0 Å². The van der Waals surface area contributed by atoms with Crippen molar-refractivity contribution in [1.29, 1.82) is 0 Å². The summed E-state index contributed by atoms with van der Waals surface area (Å²) < 4.78 is 0. The predicted molar refractivity (Wildman–Crippen MR) is 89.9 cm³/mol. The first-order chi connectivity index (χ1) is 11.1. The van der Waals surface area contributed by atoms with Crippen LogP contribution < -0.4 is 5.32 Å². The van der Waals surface area contributed by atoms with Crippen molar-refractivity contribution in [3.05, 3.63) is 44.5 Å². The quantitative estimate of drug-likeness (QED) is 0.646. The second-order valence-electron chi connectivity index (χ2n) is 5.70. The van der Waals surface area contributed by atoms with Crippen LogP contribution >= 0.6 is 11.3 Å². The zero-order valence-corrected chi connectivity index (χ0v) is 13.8. The van der Waals surface area contributed by atoms with Crippen molar-refractivity contribution >= 4 is 22.8 Å². The number of pyridine rings is 1. The minimum Gasteiger partial charge on any atom is -0.366 e. The molecule has 3 heterocycles. The van der Waals surface area contributed by atoms with Crippen LogP contribution in [0.5, 0.6) is 0 Å². The van der Waals surface area contributed by atoms with E-state index in [0.717, 1.165) is 38.2 Å². The number of hydrogen-bond acceptors (Lipinski definition) is 7. The predicted octanol–water partition coefficient (Wildman–Crippen LogP) is 2.48. The molecule has 1 atom stereocenters. The maximum atomic E-state index is 10.6. The molecule has 7 nitrogen and oxygen atoms in total. The lowest BCUT2D eigenvalue weighted by molar-refractivity contribution is -0.385. The van der Waals surface area contributed by atoms with Crippen LogP contribution in [0.1, 0.15) is 17.0 Å². The molecule has 0 radical (unpaired) electrons. The van der Waals surface area contributed by atoms with Crippen LogP contribution in [0.25, 0.3) is 0 Å². The summed E-state index contributed by atoms with van der Waals surface area (Å²) in [7, 11) is 0. The molecule has 0 bridgehead atoms. The van der Waals surface area contributed by atoms with E-state index in [1.165, 1.54) is 17.1 Å². The van der Waals surface area contributed by atoms with Gasteiger partial charge in [0.25, 0.3) is 5.69 Å². The van der Waals surface area contributed by atoms with Gasteiger partial charge in [0, 0.05) is 36.6 Å². The summed E-state index contributed by atoms with van der Waals surface area (Å²) in [6, 6.07) is 3.49. The molecule has 1 fully saturated rings. The maximum Gasteiger partial charge on any atom is 0.287 e. The molecule has 1 aliphatic heterocycles. The van der Waals surface area contributed by atoms with Gasteiger partial charge in [-0.05, 0) is 25.8 Å². The van der Waals surface area contributed by atoms with Gasteiger partial charge in [-0.15, -0.1) is 11.3 Å². The molecular weight excluding hydrogens is 314 g/mol. The summed E-state index contributed by atoms with van der Waals surface area (Å²) in [6.45, 7) is 5.12. The Labute approximate surface area is 138 Å². The average Bonchev–Trinajstić information content (AvgIpc) is 3.15. The number of nitrogens with zero attached hydrogens (tertiary/aromatic N) is 4. The fraction of sp³-hybridized carbons (Fsp3) is 0.467. The highest BCUT2D eigenvalue weighted by molar-refractivity contribution is 7.09. The Balaban J connectivity index is 1.48. The van der Waals surface area contributed by atoms with Crippen LogP contribution in [0.4, 0.5) is 11.5 Å². The first kappa shape index (κ1) is 15.8. The summed E-state index contributed by atoms with van der Waals surface area (Å²) in [5.74, 6) is 0.695. The van der Waals surface area contributed by atoms with Crippen LogP contribution in [0.2, 0.25) is 0 Å². The molecule has 0 amide bonds. The molecule has 122 valence electrons. The summed E-state index contributed by atoms with van der Waals surface area (Å²) >= 11 is 1.72. The molecule has 1 aliphatic rings. The zero-order valence-electron chi connectivity index (χ0n) is 12.9. The highest BCUT2D eigenvalue weighted by Gasteiger charge is 2.22. The SMILES string of the molecule is Cc1ncsc1CCN1CC[C@@H](Nc2ccc([N+](=O)[O-])cn2)C1. The van der Waals surface area contributed by atoms with E-state index in [-0.39, 0.29) is 5.69 Å². The van der Waals surface area contributed by atoms with Crippen LogP contribution in [0.15, 0.2) is 23.8 Å². The first-order valence-electron chi connectivity index (χ1n) is 7.60. The lowest BCUT2D eigenvalue weighted by Gasteiger charge is -2.16. The molecule has 1 N–H and O–H groups in total.